The third kappa shape index (κ3) is 5.88. The van der Waals surface area contributed by atoms with Gasteiger partial charge in [0.2, 0.25) is 10.0 Å². The number of hydrogen-bond donors (Lipinski definition) is 2. The van der Waals surface area contributed by atoms with Crippen LogP contribution in [0.2, 0.25) is 10.0 Å². The molecule has 0 radical (unpaired) electrons. The highest BCUT2D eigenvalue weighted by atomic mass is 35.5. The van der Waals surface area contributed by atoms with Crippen LogP contribution in [-0.2, 0) is 14.8 Å². The summed E-state index contributed by atoms with van der Waals surface area (Å²) in [5, 5.41) is 3.39. The first kappa shape index (κ1) is 20.5. The first-order valence-electron chi connectivity index (χ1n) is 7.67. The summed E-state index contributed by atoms with van der Waals surface area (Å²) in [4.78, 5) is 12.1. The van der Waals surface area contributed by atoms with Crippen LogP contribution >= 0.6 is 23.2 Å². The molecule has 0 atom stereocenters. The number of nitrogens with one attached hydrogen (secondary N) is 2. The zero-order valence-electron chi connectivity index (χ0n) is 14.1. The molecule has 0 aliphatic rings. The van der Waals surface area contributed by atoms with Crippen molar-refractivity contribution in [2.24, 2.45) is 0 Å². The van der Waals surface area contributed by atoms with Crippen LogP contribution in [0.25, 0.3) is 0 Å². The topological polar surface area (TPSA) is 84.5 Å². The van der Waals surface area contributed by atoms with E-state index in [0.29, 0.717) is 21.5 Å². The molecule has 0 saturated carbocycles. The summed E-state index contributed by atoms with van der Waals surface area (Å²) < 4.78 is 31.9. The lowest BCUT2D eigenvalue weighted by atomic mass is 10.3. The Morgan fingerprint density at radius 3 is 2.38 bits per heavy atom. The molecule has 9 heteroatoms. The summed E-state index contributed by atoms with van der Waals surface area (Å²) in [5.74, 6) is -0.0619. The number of benzene rings is 2. The van der Waals surface area contributed by atoms with Gasteiger partial charge < -0.3 is 10.1 Å². The Balaban J connectivity index is 1.95. The second-order valence-electron chi connectivity index (χ2n) is 5.71. The van der Waals surface area contributed by atoms with E-state index in [1.807, 2.05) is 0 Å². The van der Waals surface area contributed by atoms with Crippen LogP contribution in [0.5, 0.6) is 5.75 Å². The van der Waals surface area contributed by atoms with Crippen molar-refractivity contribution in [2.45, 2.75) is 24.8 Å². The van der Waals surface area contributed by atoms with Crippen LogP contribution in [0.3, 0.4) is 0 Å². The summed E-state index contributed by atoms with van der Waals surface area (Å²) in [7, 11) is -3.57. The lowest BCUT2D eigenvalue weighted by Gasteiger charge is -2.11. The molecule has 0 bridgehead atoms. The zero-order valence-corrected chi connectivity index (χ0v) is 16.5. The van der Waals surface area contributed by atoms with Crippen molar-refractivity contribution in [3.05, 3.63) is 52.5 Å². The molecule has 2 aromatic carbocycles. The van der Waals surface area contributed by atoms with E-state index < -0.39 is 15.9 Å². The maximum Gasteiger partial charge on any atom is 0.262 e. The number of rotatable bonds is 7. The van der Waals surface area contributed by atoms with Crippen molar-refractivity contribution in [2.75, 3.05) is 11.9 Å². The number of hydrogen-bond acceptors (Lipinski definition) is 4. The predicted octanol–water partition coefficient (Wildman–Crippen LogP) is 3.70. The van der Waals surface area contributed by atoms with Crippen molar-refractivity contribution < 1.29 is 17.9 Å². The van der Waals surface area contributed by atoms with E-state index in [9.17, 15) is 13.2 Å². The number of amides is 1. The van der Waals surface area contributed by atoms with Gasteiger partial charge in [0.25, 0.3) is 5.91 Å². The average Bonchev–Trinajstić information content (AvgIpc) is 2.55. The molecular weight excluding hydrogens is 399 g/mol. The first-order chi connectivity index (χ1) is 12.2. The first-order valence-corrected chi connectivity index (χ1v) is 9.91. The predicted molar refractivity (Wildman–Crippen MR) is 102 cm³/mol. The van der Waals surface area contributed by atoms with Crippen molar-refractivity contribution in [3.8, 4) is 5.75 Å². The fourth-order valence-electron chi connectivity index (χ4n) is 2.02. The Labute approximate surface area is 162 Å². The minimum absolute atomic E-state index is 0.119. The van der Waals surface area contributed by atoms with E-state index in [1.54, 1.807) is 26.0 Å². The lowest BCUT2D eigenvalue weighted by Crippen LogP contribution is -2.30. The third-order valence-corrected chi connectivity index (χ3v) is 5.34. The molecule has 26 heavy (non-hydrogen) atoms. The molecule has 1 amide bonds. The molecule has 6 nitrogen and oxygen atoms in total. The Morgan fingerprint density at radius 1 is 1.12 bits per heavy atom. The van der Waals surface area contributed by atoms with Gasteiger partial charge in [0, 0.05) is 11.1 Å². The minimum Gasteiger partial charge on any atom is -0.484 e. The molecule has 0 aliphatic heterocycles. The summed E-state index contributed by atoms with van der Waals surface area (Å²) in [6.07, 6.45) is 0. The van der Waals surface area contributed by atoms with Crippen LogP contribution in [0.1, 0.15) is 13.8 Å². The Bertz CT molecular complexity index is 884. The normalized spacial score (nSPS) is 11.4. The molecule has 2 N–H and O–H groups in total. The van der Waals surface area contributed by atoms with Gasteiger partial charge in [0.15, 0.2) is 6.61 Å². The molecule has 0 fully saturated rings. The van der Waals surface area contributed by atoms with Gasteiger partial charge in [0.05, 0.1) is 15.6 Å². The average molecular weight is 417 g/mol. The van der Waals surface area contributed by atoms with E-state index in [4.69, 9.17) is 27.9 Å². The highest BCUT2D eigenvalue weighted by Crippen LogP contribution is 2.25. The fourth-order valence-corrected chi connectivity index (χ4v) is 3.61. The second-order valence-corrected chi connectivity index (χ2v) is 8.27. The van der Waals surface area contributed by atoms with E-state index in [0.717, 1.165) is 0 Å². The molecule has 0 spiro atoms. The molecule has 0 aliphatic carbocycles. The maximum absolute atomic E-state index is 12.0. The van der Waals surface area contributed by atoms with Crippen molar-refractivity contribution in [1.29, 1.82) is 0 Å². The molecule has 0 unspecified atom stereocenters. The molecule has 2 aromatic rings. The Kier molecular flexibility index (Phi) is 6.88. The number of carbonyl (C=O) groups is 1. The molecule has 0 aromatic heterocycles. The van der Waals surface area contributed by atoms with Crippen LogP contribution in [0.4, 0.5) is 5.69 Å². The van der Waals surface area contributed by atoms with Crippen molar-refractivity contribution in [3.63, 3.8) is 0 Å². The Morgan fingerprint density at radius 2 is 1.77 bits per heavy atom. The molecule has 0 saturated heterocycles. The summed E-state index contributed by atoms with van der Waals surface area (Å²) in [6.45, 7) is 3.21. The maximum atomic E-state index is 12.0. The molecule has 0 heterocycles. The van der Waals surface area contributed by atoms with Gasteiger partial charge >= 0.3 is 0 Å². The quantitative estimate of drug-likeness (QED) is 0.720. The largest absolute Gasteiger partial charge is 0.484 e. The number of halogens is 2. The highest BCUT2D eigenvalue weighted by Gasteiger charge is 2.15. The van der Waals surface area contributed by atoms with Crippen LogP contribution in [0.15, 0.2) is 47.4 Å². The monoisotopic (exact) mass is 416 g/mol. The van der Waals surface area contributed by atoms with Crippen molar-refractivity contribution >= 4 is 44.8 Å². The third-order valence-electron chi connectivity index (χ3n) is 3.10. The molecule has 140 valence electrons. The van der Waals surface area contributed by atoms with Gasteiger partial charge in [-0.1, -0.05) is 23.2 Å². The standard InChI is InChI=1S/C17H18Cl2N2O4S/c1-11(2)21-26(23,24)14-6-4-13(5-7-14)25-10-17(22)20-16-9-12(18)3-8-15(16)19/h3-9,11,21H,10H2,1-2H3,(H,20,22). The number of carbonyl (C=O) groups excluding carboxylic acids is 1. The minimum atomic E-state index is -3.57. The van der Waals surface area contributed by atoms with E-state index in [-0.39, 0.29) is 17.5 Å². The Hall–Kier alpha value is -1.80. The smallest absolute Gasteiger partial charge is 0.262 e. The van der Waals surface area contributed by atoms with Gasteiger partial charge in [0.1, 0.15) is 5.75 Å². The highest BCUT2D eigenvalue weighted by molar-refractivity contribution is 7.89. The SMILES string of the molecule is CC(C)NS(=O)(=O)c1ccc(OCC(=O)Nc2cc(Cl)ccc2Cl)cc1. The fraction of sp³-hybridized carbons (Fsp3) is 0.235. The van der Waals surface area contributed by atoms with E-state index >= 15 is 0 Å². The van der Waals surface area contributed by atoms with Gasteiger partial charge in [-0.2, -0.15) is 0 Å². The zero-order chi connectivity index (χ0) is 19.3. The molecule has 2 rings (SSSR count). The van der Waals surface area contributed by atoms with Gasteiger partial charge in [-0.3, -0.25) is 4.79 Å². The number of ether oxygens (including phenoxy) is 1. The van der Waals surface area contributed by atoms with Crippen molar-refractivity contribution in [1.82, 2.24) is 4.72 Å². The van der Waals surface area contributed by atoms with Gasteiger partial charge in [-0.15, -0.1) is 0 Å². The lowest BCUT2D eigenvalue weighted by molar-refractivity contribution is -0.118. The summed E-state index contributed by atoms with van der Waals surface area (Å²) >= 11 is 11.8. The van der Waals surface area contributed by atoms with E-state index in [1.165, 1.54) is 30.3 Å². The van der Waals surface area contributed by atoms with Gasteiger partial charge in [-0.05, 0) is 56.3 Å². The van der Waals surface area contributed by atoms with Gasteiger partial charge in [-0.25, -0.2) is 13.1 Å². The molecular formula is C17H18Cl2N2O4S. The second kappa shape index (κ2) is 8.73. The van der Waals surface area contributed by atoms with E-state index in [2.05, 4.69) is 10.0 Å². The van der Waals surface area contributed by atoms with Crippen LogP contribution in [-0.4, -0.2) is 27.0 Å². The summed E-state index contributed by atoms with van der Waals surface area (Å²) in [6, 6.07) is 10.3. The number of sulfonamides is 1. The number of anilines is 1. The summed E-state index contributed by atoms with van der Waals surface area (Å²) in [5.41, 5.74) is 0.383. The van der Waals surface area contributed by atoms with Crippen LogP contribution in [0, 0.1) is 0 Å². The van der Waals surface area contributed by atoms with Crippen LogP contribution < -0.4 is 14.8 Å².